The molecule has 0 aromatic carbocycles. The van der Waals surface area contributed by atoms with Gasteiger partial charge < -0.3 is 9.30 Å². The van der Waals surface area contributed by atoms with Crippen molar-refractivity contribution in [1.82, 2.24) is 19.3 Å². The highest BCUT2D eigenvalue weighted by Gasteiger charge is 2.06. The lowest BCUT2D eigenvalue weighted by Gasteiger charge is -2.11. The normalized spacial score (nSPS) is 11.0. The Hall–Kier alpha value is -1.78. The number of rotatable bonds is 4. The van der Waals surface area contributed by atoms with Crippen molar-refractivity contribution in [3.63, 3.8) is 0 Å². The molecule has 86 valence electrons. The highest BCUT2D eigenvalue weighted by Crippen LogP contribution is 2.13. The quantitative estimate of drug-likeness (QED) is 0.789. The molecule has 0 unspecified atom stereocenters. The van der Waals surface area contributed by atoms with E-state index in [1.54, 1.807) is 10.9 Å². The molecule has 2 aromatic heterocycles. The SMILES string of the molecule is CC(C)n1cncc1COc1cnn(C)c1. The van der Waals surface area contributed by atoms with E-state index in [2.05, 4.69) is 28.5 Å². The average molecular weight is 220 g/mol. The minimum Gasteiger partial charge on any atom is -0.484 e. The Labute approximate surface area is 94.7 Å². The van der Waals surface area contributed by atoms with Crippen molar-refractivity contribution >= 4 is 0 Å². The number of nitrogens with zero attached hydrogens (tertiary/aromatic N) is 4. The molecule has 0 spiro atoms. The number of hydrogen-bond acceptors (Lipinski definition) is 3. The molecule has 5 nitrogen and oxygen atoms in total. The molecule has 0 N–H and O–H groups in total. The fourth-order valence-corrected chi connectivity index (χ4v) is 1.54. The van der Waals surface area contributed by atoms with Gasteiger partial charge in [0.2, 0.25) is 0 Å². The number of aryl methyl sites for hydroxylation is 1. The zero-order chi connectivity index (χ0) is 11.5. The van der Waals surface area contributed by atoms with Crippen molar-refractivity contribution in [1.29, 1.82) is 0 Å². The number of imidazole rings is 1. The Morgan fingerprint density at radius 1 is 1.38 bits per heavy atom. The van der Waals surface area contributed by atoms with Crippen molar-refractivity contribution in [2.45, 2.75) is 26.5 Å². The van der Waals surface area contributed by atoms with Crippen molar-refractivity contribution in [2.75, 3.05) is 0 Å². The third-order valence-electron chi connectivity index (χ3n) is 2.37. The van der Waals surface area contributed by atoms with Gasteiger partial charge in [0.25, 0.3) is 0 Å². The highest BCUT2D eigenvalue weighted by atomic mass is 16.5. The molecule has 2 rings (SSSR count). The Morgan fingerprint density at radius 3 is 2.81 bits per heavy atom. The molecule has 0 aliphatic carbocycles. The van der Waals surface area contributed by atoms with Crippen LogP contribution in [0.2, 0.25) is 0 Å². The van der Waals surface area contributed by atoms with Gasteiger partial charge >= 0.3 is 0 Å². The van der Waals surface area contributed by atoms with Gasteiger partial charge in [-0.05, 0) is 13.8 Å². The first-order chi connectivity index (χ1) is 7.66. The molecule has 2 heterocycles. The van der Waals surface area contributed by atoms with Gasteiger partial charge in [-0.1, -0.05) is 0 Å². The van der Waals surface area contributed by atoms with Crippen LogP contribution in [0, 0.1) is 0 Å². The first-order valence-electron chi connectivity index (χ1n) is 5.29. The topological polar surface area (TPSA) is 44.9 Å². The van der Waals surface area contributed by atoms with Crippen LogP contribution in [0.3, 0.4) is 0 Å². The zero-order valence-electron chi connectivity index (χ0n) is 9.79. The van der Waals surface area contributed by atoms with E-state index in [9.17, 15) is 0 Å². The fourth-order valence-electron chi connectivity index (χ4n) is 1.54. The fraction of sp³-hybridized carbons (Fsp3) is 0.455. The van der Waals surface area contributed by atoms with Gasteiger partial charge in [0.05, 0.1) is 30.6 Å². The lowest BCUT2D eigenvalue weighted by Crippen LogP contribution is -2.06. The van der Waals surface area contributed by atoms with Crippen LogP contribution in [0.25, 0.3) is 0 Å². The molecule has 0 aliphatic rings. The maximum absolute atomic E-state index is 5.62. The first-order valence-corrected chi connectivity index (χ1v) is 5.29. The van der Waals surface area contributed by atoms with Gasteiger partial charge in [0, 0.05) is 13.1 Å². The summed E-state index contributed by atoms with van der Waals surface area (Å²) in [4.78, 5) is 4.12. The molecule has 0 saturated heterocycles. The van der Waals surface area contributed by atoms with Gasteiger partial charge in [-0.25, -0.2) is 4.98 Å². The second-order valence-corrected chi connectivity index (χ2v) is 4.02. The summed E-state index contributed by atoms with van der Waals surface area (Å²) in [6, 6.07) is 0.398. The van der Waals surface area contributed by atoms with Gasteiger partial charge in [-0.15, -0.1) is 0 Å². The van der Waals surface area contributed by atoms with Crippen molar-refractivity contribution < 1.29 is 4.74 Å². The van der Waals surface area contributed by atoms with Crippen LogP contribution in [-0.2, 0) is 13.7 Å². The maximum atomic E-state index is 5.62. The molecule has 0 atom stereocenters. The molecule has 0 amide bonds. The van der Waals surface area contributed by atoms with Crippen LogP contribution in [0.4, 0.5) is 0 Å². The van der Waals surface area contributed by atoms with E-state index in [1.165, 1.54) is 0 Å². The van der Waals surface area contributed by atoms with E-state index < -0.39 is 0 Å². The first kappa shape index (κ1) is 10.7. The largest absolute Gasteiger partial charge is 0.484 e. The summed E-state index contributed by atoms with van der Waals surface area (Å²) >= 11 is 0. The molecule has 0 fully saturated rings. The summed E-state index contributed by atoms with van der Waals surface area (Å²) in [6.45, 7) is 4.76. The van der Waals surface area contributed by atoms with E-state index in [0.29, 0.717) is 12.6 Å². The highest BCUT2D eigenvalue weighted by molar-refractivity contribution is 5.12. The van der Waals surface area contributed by atoms with Crippen molar-refractivity contribution in [3.05, 3.63) is 30.6 Å². The molecule has 2 aromatic rings. The molecular weight excluding hydrogens is 204 g/mol. The van der Waals surface area contributed by atoms with E-state index in [0.717, 1.165) is 11.4 Å². The standard InChI is InChI=1S/C11H16N4O/c1-9(2)15-8-12-4-10(15)7-16-11-5-13-14(3)6-11/h4-6,8-9H,7H2,1-3H3. The molecule has 0 aliphatic heterocycles. The van der Waals surface area contributed by atoms with Gasteiger partial charge in [0.1, 0.15) is 6.61 Å². The van der Waals surface area contributed by atoms with Gasteiger partial charge in [-0.2, -0.15) is 5.10 Å². The Kier molecular flexibility index (Phi) is 2.94. The lowest BCUT2D eigenvalue weighted by atomic mass is 10.3. The van der Waals surface area contributed by atoms with Crippen LogP contribution in [-0.4, -0.2) is 19.3 Å². The summed E-state index contributed by atoms with van der Waals surface area (Å²) in [7, 11) is 1.87. The second-order valence-electron chi connectivity index (χ2n) is 4.02. The molecule has 16 heavy (non-hydrogen) atoms. The summed E-state index contributed by atoms with van der Waals surface area (Å²) in [6.07, 6.45) is 7.20. The number of aromatic nitrogens is 4. The minimum atomic E-state index is 0.398. The van der Waals surface area contributed by atoms with Gasteiger partial charge in [0.15, 0.2) is 5.75 Å². The Morgan fingerprint density at radius 2 is 2.19 bits per heavy atom. The molecule has 0 radical (unpaired) electrons. The van der Waals surface area contributed by atoms with E-state index in [4.69, 9.17) is 4.74 Å². The Balaban J connectivity index is 2.02. The van der Waals surface area contributed by atoms with Gasteiger partial charge in [-0.3, -0.25) is 4.68 Å². The number of hydrogen-bond donors (Lipinski definition) is 0. The smallest absolute Gasteiger partial charge is 0.157 e. The average Bonchev–Trinajstić information content (AvgIpc) is 2.83. The second kappa shape index (κ2) is 4.38. The van der Waals surface area contributed by atoms with E-state index in [1.807, 2.05) is 25.8 Å². The molecular formula is C11H16N4O. The summed E-state index contributed by atoms with van der Waals surface area (Å²) in [5, 5.41) is 4.04. The third kappa shape index (κ3) is 2.24. The van der Waals surface area contributed by atoms with Crippen LogP contribution in [0.15, 0.2) is 24.9 Å². The Bertz CT molecular complexity index is 458. The number of ether oxygens (including phenoxy) is 1. The van der Waals surface area contributed by atoms with E-state index >= 15 is 0 Å². The summed E-state index contributed by atoms with van der Waals surface area (Å²) in [5.74, 6) is 0.777. The monoisotopic (exact) mass is 220 g/mol. The predicted octanol–water partition coefficient (Wildman–Crippen LogP) is 1.78. The summed E-state index contributed by atoms with van der Waals surface area (Å²) in [5.41, 5.74) is 1.07. The molecule has 5 heteroatoms. The summed E-state index contributed by atoms with van der Waals surface area (Å²) < 4.78 is 9.43. The van der Waals surface area contributed by atoms with Crippen LogP contribution < -0.4 is 4.74 Å². The minimum absolute atomic E-state index is 0.398. The zero-order valence-corrected chi connectivity index (χ0v) is 9.79. The molecule has 0 saturated carbocycles. The van der Waals surface area contributed by atoms with E-state index in [-0.39, 0.29) is 0 Å². The van der Waals surface area contributed by atoms with Crippen molar-refractivity contribution in [2.24, 2.45) is 7.05 Å². The van der Waals surface area contributed by atoms with Crippen LogP contribution in [0.5, 0.6) is 5.75 Å². The molecule has 0 bridgehead atoms. The van der Waals surface area contributed by atoms with Crippen molar-refractivity contribution in [3.8, 4) is 5.75 Å². The van der Waals surface area contributed by atoms with Crippen LogP contribution in [0.1, 0.15) is 25.6 Å². The lowest BCUT2D eigenvalue weighted by molar-refractivity contribution is 0.292. The maximum Gasteiger partial charge on any atom is 0.157 e. The third-order valence-corrected chi connectivity index (χ3v) is 2.37. The predicted molar refractivity (Wildman–Crippen MR) is 60.2 cm³/mol. The van der Waals surface area contributed by atoms with Crippen LogP contribution >= 0.6 is 0 Å².